The number of rotatable bonds is 5. The number of nitrogens with one attached hydrogen (secondary N) is 2. The SMILES string of the molecule is CC(NCC1(C)CCOCC1)C(=O)NC1CCCC1. The predicted octanol–water partition coefficient (Wildman–Crippen LogP) is 1.84. The van der Waals surface area contributed by atoms with Crippen molar-refractivity contribution in [3.63, 3.8) is 0 Å². The fourth-order valence-corrected chi connectivity index (χ4v) is 2.93. The van der Waals surface area contributed by atoms with Crippen LogP contribution in [0.5, 0.6) is 0 Å². The summed E-state index contributed by atoms with van der Waals surface area (Å²) >= 11 is 0. The number of carbonyl (C=O) groups excluding carboxylic acids is 1. The van der Waals surface area contributed by atoms with Crippen molar-refractivity contribution < 1.29 is 9.53 Å². The van der Waals surface area contributed by atoms with Gasteiger partial charge in [0.2, 0.25) is 5.91 Å². The van der Waals surface area contributed by atoms with Crippen molar-refractivity contribution in [1.82, 2.24) is 10.6 Å². The Labute approximate surface area is 116 Å². The Balaban J connectivity index is 1.70. The molecule has 4 nitrogen and oxygen atoms in total. The minimum absolute atomic E-state index is 0.0970. The van der Waals surface area contributed by atoms with Crippen LogP contribution >= 0.6 is 0 Å². The predicted molar refractivity (Wildman–Crippen MR) is 76.0 cm³/mol. The van der Waals surface area contributed by atoms with Gasteiger partial charge in [-0.25, -0.2) is 0 Å². The third-order valence-corrected chi connectivity index (χ3v) is 4.63. The molecule has 2 N–H and O–H groups in total. The van der Waals surface area contributed by atoms with Crippen molar-refractivity contribution in [2.75, 3.05) is 19.8 Å². The molecule has 1 heterocycles. The number of amides is 1. The standard InChI is InChI=1S/C15H28N2O2/c1-12(14(18)17-13-5-3-4-6-13)16-11-15(2)7-9-19-10-8-15/h12-13,16H,3-11H2,1-2H3,(H,17,18). The first kappa shape index (κ1) is 14.8. The molecule has 0 spiro atoms. The molecule has 1 aliphatic heterocycles. The molecule has 0 aromatic heterocycles. The van der Waals surface area contributed by atoms with Crippen LogP contribution in [0.3, 0.4) is 0 Å². The molecule has 110 valence electrons. The maximum Gasteiger partial charge on any atom is 0.237 e. The van der Waals surface area contributed by atoms with Gasteiger partial charge in [-0.1, -0.05) is 19.8 Å². The summed E-state index contributed by atoms with van der Waals surface area (Å²) in [5.41, 5.74) is 0.278. The molecule has 0 aromatic carbocycles. The Morgan fingerprint density at radius 3 is 2.58 bits per heavy atom. The van der Waals surface area contributed by atoms with Gasteiger partial charge in [-0.2, -0.15) is 0 Å². The van der Waals surface area contributed by atoms with E-state index >= 15 is 0 Å². The Kier molecular flexibility index (Phi) is 5.22. The van der Waals surface area contributed by atoms with Crippen molar-refractivity contribution in [1.29, 1.82) is 0 Å². The summed E-state index contributed by atoms with van der Waals surface area (Å²) in [6.07, 6.45) is 6.96. The molecule has 2 rings (SSSR count). The van der Waals surface area contributed by atoms with Gasteiger partial charge in [-0.15, -0.1) is 0 Å². The number of hydrogen-bond acceptors (Lipinski definition) is 3. The van der Waals surface area contributed by atoms with Crippen molar-refractivity contribution >= 4 is 5.91 Å². The Hall–Kier alpha value is -0.610. The molecule has 0 bridgehead atoms. The van der Waals surface area contributed by atoms with E-state index in [0.717, 1.165) is 45.4 Å². The first-order valence-electron chi connectivity index (χ1n) is 7.71. The summed E-state index contributed by atoms with van der Waals surface area (Å²) in [7, 11) is 0. The van der Waals surface area contributed by atoms with Crippen LogP contribution in [0.4, 0.5) is 0 Å². The van der Waals surface area contributed by atoms with Gasteiger partial charge < -0.3 is 15.4 Å². The minimum atomic E-state index is -0.0970. The van der Waals surface area contributed by atoms with E-state index in [1.807, 2.05) is 6.92 Å². The lowest BCUT2D eigenvalue weighted by atomic mass is 9.82. The van der Waals surface area contributed by atoms with Gasteiger partial charge >= 0.3 is 0 Å². The van der Waals surface area contributed by atoms with Gasteiger partial charge in [-0.3, -0.25) is 4.79 Å². The van der Waals surface area contributed by atoms with Crippen LogP contribution in [-0.4, -0.2) is 37.7 Å². The summed E-state index contributed by atoms with van der Waals surface area (Å²) in [5, 5.41) is 6.55. The Bertz CT molecular complexity index is 295. The summed E-state index contributed by atoms with van der Waals surface area (Å²) in [6, 6.07) is 0.315. The Morgan fingerprint density at radius 2 is 1.95 bits per heavy atom. The highest BCUT2D eigenvalue weighted by Gasteiger charge is 2.28. The summed E-state index contributed by atoms with van der Waals surface area (Å²) in [6.45, 7) is 6.84. The second-order valence-corrected chi connectivity index (χ2v) is 6.52. The molecule has 2 fully saturated rings. The molecule has 4 heteroatoms. The third-order valence-electron chi connectivity index (χ3n) is 4.63. The maximum absolute atomic E-state index is 12.1. The summed E-state index contributed by atoms with van der Waals surface area (Å²) in [4.78, 5) is 12.1. The van der Waals surface area contributed by atoms with Crippen LogP contribution in [0.2, 0.25) is 0 Å². The lowest BCUT2D eigenvalue weighted by Gasteiger charge is -2.34. The monoisotopic (exact) mass is 268 g/mol. The highest BCUT2D eigenvalue weighted by atomic mass is 16.5. The van der Waals surface area contributed by atoms with Crippen LogP contribution in [0.25, 0.3) is 0 Å². The van der Waals surface area contributed by atoms with Crippen molar-refractivity contribution in [3.05, 3.63) is 0 Å². The average Bonchev–Trinajstić information content (AvgIpc) is 2.90. The van der Waals surface area contributed by atoms with E-state index in [9.17, 15) is 4.79 Å². The minimum Gasteiger partial charge on any atom is -0.381 e. The topological polar surface area (TPSA) is 50.4 Å². The van der Waals surface area contributed by atoms with Crippen LogP contribution in [-0.2, 0) is 9.53 Å². The van der Waals surface area contributed by atoms with Crippen LogP contribution in [0.1, 0.15) is 52.4 Å². The summed E-state index contributed by atoms with van der Waals surface area (Å²) in [5.74, 6) is 0.155. The van der Waals surface area contributed by atoms with Crippen molar-refractivity contribution in [3.8, 4) is 0 Å². The molecule has 0 aromatic rings. The van der Waals surface area contributed by atoms with Crippen LogP contribution in [0.15, 0.2) is 0 Å². The van der Waals surface area contributed by atoms with Gasteiger partial charge in [0, 0.05) is 25.8 Å². The number of hydrogen-bond donors (Lipinski definition) is 2. The summed E-state index contributed by atoms with van der Waals surface area (Å²) < 4.78 is 5.40. The number of ether oxygens (including phenoxy) is 1. The molecule has 19 heavy (non-hydrogen) atoms. The first-order chi connectivity index (χ1) is 9.09. The van der Waals surface area contributed by atoms with Crippen molar-refractivity contribution in [2.45, 2.75) is 64.5 Å². The van der Waals surface area contributed by atoms with E-state index in [2.05, 4.69) is 17.6 Å². The zero-order valence-electron chi connectivity index (χ0n) is 12.3. The quantitative estimate of drug-likeness (QED) is 0.800. The second kappa shape index (κ2) is 6.71. The normalized spacial score (nSPS) is 25.2. The van der Waals surface area contributed by atoms with E-state index < -0.39 is 0 Å². The number of carbonyl (C=O) groups is 1. The smallest absolute Gasteiger partial charge is 0.237 e. The maximum atomic E-state index is 12.1. The fraction of sp³-hybridized carbons (Fsp3) is 0.933. The fourth-order valence-electron chi connectivity index (χ4n) is 2.93. The first-order valence-corrected chi connectivity index (χ1v) is 7.71. The highest BCUT2D eigenvalue weighted by Crippen LogP contribution is 2.28. The molecule has 2 aliphatic rings. The lowest BCUT2D eigenvalue weighted by molar-refractivity contribution is -0.123. The molecule has 1 aliphatic carbocycles. The van der Waals surface area contributed by atoms with Crippen LogP contribution < -0.4 is 10.6 Å². The van der Waals surface area contributed by atoms with Crippen molar-refractivity contribution in [2.24, 2.45) is 5.41 Å². The van der Waals surface area contributed by atoms with E-state index in [1.54, 1.807) is 0 Å². The van der Waals surface area contributed by atoms with Gasteiger partial charge in [0.15, 0.2) is 0 Å². The lowest BCUT2D eigenvalue weighted by Crippen LogP contribution is -2.49. The molecule has 0 radical (unpaired) electrons. The highest BCUT2D eigenvalue weighted by molar-refractivity contribution is 5.81. The zero-order valence-corrected chi connectivity index (χ0v) is 12.3. The van der Waals surface area contributed by atoms with E-state index in [-0.39, 0.29) is 17.4 Å². The van der Waals surface area contributed by atoms with E-state index in [0.29, 0.717) is 6.04 Å². The van der Waals surface area contributed by atoms with Crippen LogP contribution in [0, 0.1) is 5.41 Å². The third kappa shape index (κ3) is 4.46. The molecular weight excluding hydrogens is 240 g/mol. The molecule has 1 amide bonds. The largest absolute Gasteiger partial charge is 0.381 e. The molecular formula is C15H28N2O2. The second-order valence-electron chi connectivity index (χ2n) is 6.52. The molecule has 1 saturated heterocycles. The zero-order chi connectivity index (χ0) is 13.7. The van der Waals surface area contributed by atoms with Gasteiger partial charge in [0.25, 0.3) is 0 Å². The molecule has 1 atom stereocenters. The van der Waals surface area contributed by atoms with E-state index in [1.165, 1.54) is 12.8 Å². The average molecular weight is 268 g/mol. The Morgan fingerprint density at radius 1 is 1.32 bits per heavy atom. The van der Waals surface area contributed by atoms with E-state index in [4.69, 9.17) is 4.74 Å². The molecule has 1 unspecified atom stereocenters. The molecule has 1 saturated carbocycles. The van der Waals surface area contributed by atoms with Gasteiger partial charge in [0.1, 0.15) is 0 Å². The van der Waals surface area contributed by atoms with Gasteiger partial charge in [-0.05, 0) is 38.0 Å². The van der Waals surface area contributed by atoms with Gasteiger partial charge in [0.05, 0.1) is 6.04 Å².